The van der Waals surface area contributed by atoms with E-state index in [-0.39, 0.29) is 16.7 Å². The zero-order valence-corrected chi connectivity index (χ0v) is 17.9. The van der Waals surface area contributed by atoms with Crippen LogP contribution in [0.25, 0.3) is 27.8 Å². The molecule has 0 aliphatic heterocycles. The molecule has 3 aromatic carbocycles. The Morgan fingerprint density at radius 1 is 0.774 bits per heavy atom. The van der Waals surface area contributed by atoms with Gasteiger partial charge >= 0.3 is 0 Å². The second-order valence-corrected chi connectivity index (χ2v) is 7.78. The highest BCUT2D eigenvalue weighted by Crippen LogP contribution is 2.35. The van der Waals surface area contributed by atoms with E-state index >= 15 is 8.78 Å². The summed E-state index contributed by atoms with van der Waals surface area (Å²) >= 11 is 0. The van der Waals surface area contributed by atoms with Gasteiger partial charge in [-0.3, -0.25) is 0 Å². The highest BCUT2D eigenvalue weighted by molar-refractivity contribution is 5.78. The summed E-state index contributed by atoms with van der Waals surface area (Å²) < 4.78 is 35.9. The number of hydrogen-bond donors (Lipinski definition) is 0. The molecule has 0 amide bonds. The van der Waals surface area contributed by atoms with Crippen molar-refractivity contribution in [2.45, 2.75) is 32.3 Å². The lowest BCUT2D eigenvalue weighted by Crippen LogP contribution is -2.30. The summed E-state index contributed by atoms with van der Waals surface area (Å²) in [7, 11) is 0. The molecule has 31 heavy (non-hydrogen) atoms. The van der Waals surface area contributed by atoms with Crippen LogP contribution in [0, 0.1) is 11.6 Å². The van der Waals surface area contributed by atoms with Crippen molar-refractivity contribution >= 4 is 5.57 Å². The quantitative estimate of drug-likeness (QED) is 0.398. The third-order valence-corrected chi connectivity index (χ3v) is 5.96. The number of hydrogen-bond acceptors (Lipinski definition) is 1. The average molecular weight is 417 g/mol. The van der Waals surface area contributed by atoms with Crippen LogP contribution < -0.4 is 0 Å². The van der Waals surface area contributed by atoms with E-state index in [0.29, 0.717) is 24.2 Å². The van der Waals surface area contributed by atoms with Gasteiger partial charge in [-0.2, -0.15) is 0 Å². The molecule has 0 fully saturated rings. The maximum absolute atomic E-state index is 15.0. The zero-order chi connectivity index (χ0) is 21.8. The number of allylic oxidation sites excluding steroid dienone is 2. The van der Waals surface area contributed by atoms with Gasteiger partial charge in [-0.25, -0.2) is 8.78 Å². The minimum atomic E-state index is -0.823. The van der Waals surface area contributed by atoms with E-state index in [1.807, 2.05) is 79.7 Å². The van der Waals surface area contributed by atoms with Gasteiger partial charge in [0.2, 0.25) is 0 Å². The Kier molecular flexibility index (Phi) is 6.15. The van der Waals surface area contributed by atoms with E-state index in [2.05, 4.69) is 6.92 Å². The molecule has 0 radical (unpaired) electrons. The van der Waals surface area contributed by atoms with E-state index in [4.69, 9.17) is 4.74 Å². The molecule has 0 bridgehead atoms. The van der Waals surface area contributed by atoms with Gasteiger partial charge in [0.15, 0.2) is 11.6 Å². The Labute approximate surface area is 182 Å². The number of rotatable bonds is 6. The van der Waals surface area contributed by atoms with Crippen LogP contribution in [0.2, 0.25) is 0 Å². The number of benzene rings is 3. The molecule has 1 aliphatic rings. The first-order valence-corrected chi connectivity index (χ1v) is 10.7. The first-order chi connectivity index (χ1) is 15.1. The van der Waals surface area contributed by atoms with Gasteiger partial charge in [0, 0.05) is 17.7 Å². The monoisotopic (exact) mass is 416 g/mol. The van der Waals surface area contributed by atoms with E-state index in [9.17, 15) is 0 Å². The Morgan fingerprint density at radius 2 is 1.39 bits per heavy atom. The Balaban J connectivity index is 1.61. The minimum absolute atomic E-state index is 0.262. The van der Waals surface area contributed by atoms with Crippen LogP contribution in [0.3, 0.4) is 0 Å². The lowest BCUT2D eigenvalue weighted by atomic mass is 9.87. The summed E-state index contributed by atoms with van der Waals surface area (Å²) in [5.41, 5.74) is 3.64. The predicted molar refractivity (Wildman–Crippen MR) is 124 cm³/mol. The van der Waals surface area contributed by atoms with Gasteiger partial charge in [0.1, 0.15) is 0 Å². The van der Waals surface area contributed by atoms with Crippen molar-refractivity contribution in [3.05, 3.63) is 102 Å². The lowest BCUT2D eigenvalue weighted by molar-refractivity contribution is -0.00196. The van der Waals surface area contributed by atoms with Crippen molar-refractivity contribution in [2.24, 2.45) is 0 Å². The smallest absolute Gasteiger partial charge is 0.167 e. The molecule has 3 aromatic rings. The van der Waals surface area contributed by atoms with Crippen LogP contribution in [0.1, 0.15) is 32.3 Å². The molecule has 0 saturated heterocycles. The lowest BCUT2D eigenvalue weighted by Gasteiger charge is -2.31. The molecule has 0 heterocycles. The van der Waals surface area contributed by atoms with Crippen LogP contribution in [0.4, 0.5) is 8.78 Å². The van der Waals surface area contributed by atoms with Crippen molar-refractivity contribution in [1.29, 1.82) is 0 Å². The summed E-state index contributed by atoms with van der Waals surface area (Å²) in [6, 6.07) is 20.8. The summed E-state index contributed by atoms with van der Waals surface area (Å²) in [4.78, 5) is 0. The average Bonchev–Trinajstić information content (AvgIpc) is 2.82. The van der Waals surface area contributed by atoms with Crippen molar-refractivity contribution in [3.63, 3.8) is 0 Å². The molecular weight excluding hydrogens is 390 g/mol. The van der Waals surface area contributed by atoms with Gasteiger partial charge in [0.05, 0.1) is 5.60 Å². The van der Waals surface area contributed by atoms with Crippen LogP contribution >= 0.6 is 0 Å². The fraction of sp³-hybridized carbons (Fsp3) is 0.214. The zero-order valence-electron chi connectivity index (χ0n) is 17.9. The molecule has 1 aliphatic carbocycles. The molecule has 0 spiro atoms. The normalized spacial score (nSPS) is 18.1. The molecule has 1 unspecified atom stereocenters. The number of ether oxygens (including phenoxy) is 1. The molecule has 1 atom stereocenters. The topological polar surface area (TPSA) is 9.23 Å². The molecule has 0 saturated carbocycles. The second-order valence-electron chi connectivity index (χ2n) is 7.78. The van der Waals surface area contributed by atoms with Crippen LogP contribution in [-0.2, 0) is 4.74 Å². The second kappa shape index (κ2) is 8.99. The van der Waals surface area contributed by atoms with Gasteiger partial charge < -0.3 is 4.74 Å². The first-order valence-electron chi connectivity index (χ1n) is 10.7. The molecule has 0 N–H and O–H groups in total. The SMILES string of the molecule is CCOC1(CC)C=CC(c2ccc(-c3ccc(-c4ccccc4)cc3)c(F)c2F)=CC1. The molecule has 0 aromatic heterocycles. The van der Waals surface area contributed by atoms with E-state index in [1.54, 1.807) is 12.1 Å². The van der Waals surface area contributed by atoms with E-state index in [0.717, 1.165) is 17.5 Å². The molecular formula is C28H26F2O. The summed E-state index contributed by atoms with van der Waals surface area (Å²) in [6.45, 7) is 4.64. The number of halogens is 2. The van der Waals surface area contributed by atoms with Gasteiger partial charge in [-0.1, -0.05) is 91.9 Å². The molecule has 1 nitrogen and oxygen atoms in total. The summed E-state index contributed by atoms with van der Waals surface area (Å²) in [5.74, 6) is -1.64. The molecule has 4 rings (SSSR count). The van der Waals surface area contributed by atoms with Crippen molar-refractivity contribution in [3.8, 4) is 22.3 Å². The molecule has 3 heteroatoms. The van der Waals surface area contributed by atoms with Crippen molar-refractivity contribution in [1.82, 2.24) is 0 Å². The van der Waals surface area contributed by atoms with Crippen molar-refractivity contribution in [2.75, 3.05) is 6.61 Å². The maximum atomic E-state index is 15.0. The standard InChI is InChI=1S/C28H26F2O/c1-3-28(31-4-2)18-16-23(17-19-28)25-15-14-24(26(29)27(25)30)22-12-10-21(11-13-22)20-8-6-5-7-9-20/h5-18H,3-4,19H2,1-2H3. The third-order valence-electron chi connectivity index (χ3n) is 5.96. The maximum Gasteiger partial charge on any atom is 0.167 e. The minimum Gasteiger partial charge on any atom is -0.371 e. The fourth-order valence-corrected chi connectivity index (χ4v) is 4.09. The van der Waals surface area contributed by atoms with Crippen LogP contribution in [0.15, 0.2) is 85.0 Å². The molecule has 158 valence electrons. The third kappa shape index (κ3) is 4.24. The first kappa shape index (κ1) is 21.2. The predicted octanol–water partition coefficient (Wildman–Crippen LogP) is 7.83. The Hall–Kier alpha value is -3.04. The van der Waals surface area contributed by atoms with E-state index in [1.165, 1.54) is 0 Å². The van der Waals surface area contributed by atoms with Crippen molar-refractivity contribution < 1.29 is 13.5 Å². The largest absolute Gasteiger partial charge is 0.371 e. The van der Waals surface area contributed by atoms with Crippen LogP contribution in [0.5, 0.6) is 0 Å². The van der Waals surface area contributed by atoms with Gasteiger partial charge in [-0.15, -0.1) is 0 Å². The van der Waals surface area contributed by atoms with Gasteiger partial charge in [0.25, 0.3) is 0 Å². The fourth-order valence-electron chi connectivity index (χ4n) is 4.09. The highest BCUT2D eigenvalue weighted by Gasteiger charge is 2.28. The van der Waals surface area contributed by atoms with E-state index < -0.39 is 11.6 Å². The Bertz CT molecular complexity index is 1110. The van der Waals surface area contributed by atoms with Gasteiger partial charge in [-0.05, 0) is 42.0 Å². The Morgan fingerprint density at radius 3 is 2.00 bits per heavy atom. The summed E-state index contributed by atoms with van der Waals surface area (Å²) in [6.07, 6.45) is 7.22. The summed E-state index contributed by atoms with van der Waals surface area (Å²) in [5, 5.41) is 0. The highest BCUT2D eigenvalue weighted by atomic mass is 19.2. The van der Waals surface area contributed by atoms with Crippen LogP contribution in [-0.4, -0.2) is 12.2 Å².